The molecule has 13 rings (SSSR count). The van der Waals surface area contributed by atoms with Crippen LogP contribution in [0.2, 0.25) is 0 Å². The lowest BCUT2D eigenvalue weighted by Crippen LogP contribution is -2.07. The molecular formula is C63H41N5. The van der Waals surface area contributed by atoms with Crippen molar-refractivity contribution in [3.05, 3.63) is 249 Å². The lowest BCUT2D eigenvalue weighted by Gasteiger charge is -2.17. The van der Waals surface area contributed by atoms with E-state index in [1.807, 2.05) is 12.1 Å². The van der Waals surface area contributed by atoms with E-state index >= 15 is 0 Å². The maximum atomic E-state index is 5.50. The Morgan fingerprint density at radius 1 is 0.250 bits per heavy atom. The van der Waals surface area contributed by atoms with Crippen molar-refractivity contribution in [2.75, 3.05) is 0 Å². The number of hydrogen-bond donors (Lipinski definition) is 0. The summed E-state index contributed by atoms with van der Waals surface area (Å²) in [4.78, 5) is 16.3. The number of benzene rings is 10. The van der Waals surface area contributed by atoms with E-state index in [-0.39, 0.29) is 0 Å². The minimum absolute atomic E-state index is 0.539. The van der Waals surface area contributed by atoms with E-state index in [2.05, 4.69) is 246 Å². The zero-order valence-corrected chi connectivity index (χ0v) is 36.9. The van der Waals surface area contributed by atoms with Crippen molar-refractivity contribution in [2.24, 2.45) is 0 Å². The van der Waals surface area contributed by atoms with E-state index in [1.54, 1.807) is 0 Å². The van der Waals surface area contributed by atoms with Crippen LogP contribution >= 0.6 is 0 Å². The van der Waals surface area contributed by atoms with Gasteiger partial charge in [-0.05, 0) is 69.3 Å². The molecule has 5 heteroatoms. The first kappa shape index (κ1) is 39.2. The van der Waals surface area contributed by atoms with Gasteiger partial charge in [0.05, 0.1) is 27.8 Å². The van der Waals surface area contributed by atoms with Gasteiger partial charge in [0.25, 0.3) is 0 Å². The van der Waals surface area contributed by atoms with Crippen LogP contribution in [0.15, 0.2) is 249 Å². The molecule has 68 heavy (non-hydrogen) atoms. The monoisotopic (exact) mass is 867 g/mol. The van der Waals surface area contributed by atoms with Gasteiger partial charge in [-0.1, -0.05) is 218 Å². The second kappa shape index (κ2) is 16.4. The van der Waals surface area contributed by atoms with Gasteiger partial charge in [-0.2, -0.15) is 9.97 Å². The molecule has 0 spiro atoms. The third-order valence-electron chi connectivity index (χ3n) is 13.2. The van der Waals surface area contributed by atoms with Crippen molar-refractivity contribution in [2.45, 2.75) is 0 Å². The van der Waals surface area contributed by atoms with Crippen molar-refractivity contribution < 1.29 is 0 Å². The summed E-state index contributed by atoms with van der Waals surface area (Å²) in [7, 11) is 0. The first-order valence-corrected chi connectivity index (χ1v) is 23.0. The molecular weight excluding hydrogens is 827 g/mol. The van der Waals surface area contributed by atoms with Crippen molar-refractivity contribution >= 4 is 43.6 Å². The van der Waals surface area contributed by atoms with Crippen molar-refractivity contribution in [1.82, 2.24) is 24.1 Å². The number of para-hydroxylation sites is 2. The third kappa shape index (κ3) is 6.68. The molecule has 3 heterocycles. The van der Waals surface area contributed by atoms with Crippen LogP contribution in [-0.4, -0.2) is 24.1 Å². The van der Waals surface area contributed by atoms with E-state index in [0.29, 0.717) is 17.6 Å². The van der Waals surface area contributed by atoms with E-state index in [1.165, 1.54) is 0 Å². The maximum Gasteiger partial charge on any atom is 0.238 e. The Morgan fingerprint density at radius 2 is 0.647 bits per heavy atom. The molecule has 0 saturated heterocycles. The lowest BCUT2D eigenvalue weighted by molar-refractivity contribution is 0.953. The molecule has 0 aliphatic heterocycles. The number of nitrogens with zero attached hydrogens (tertiary/aromatic N) is 5. The quantitative estimate of drug-likeness (QED) is 0.153. The Kier molecular flexibility index (Phi) is 9.43. The van der Waals surface area contributed by atoms with Crippen LogP contribution < -0.4 is 0 Å². The van der Waals surface area contributed by atoms with Crippen LogP contribution in [0.1, 0.15) is 0 Å². The van der Waals surface area contributed by atoms with Crippen LogP contribution in [0.5, 0.6) is 0 Å². The van der Waals surface area contributed by atoms with Gasteiger partial charge in [-0.15, -0.1) is 0 Å². The van der Waals surface area contributed by atoms with Gasteiger partial charge in [-0.25, -0.2) is 4.98 Å². The zero-order chi connectivity index (χ0) is 45.0. The lowest BCUT2D eigenvalue weighted by atomic mass is 9.98. The average Bonchev–Trinajstić information content (AvgIpc) is 3.95. The molecule has 5 nitrogen and oxygen atoms in total. The van der Waals surface area contributed by atoms with Gasteiger partial charge < -0.3 is 4.57 Å². The van der Waals surface area contributed by atoms with E-state index in [0.717, 1.165) is 105 Å². The first-order chi connectivity index (χ1) is 33.7. The minimum atomic E-state index is 0.539. The zero-order valence-electron chi connectivity index (χ0n) is 36.9. The van der Waals surface area contributed by atoms with Crippen LogP contribution in [0.4, 0.5) is 0 Å². The summed E-state index contributed by atoms with van der Waals surface area (Å²) < 4.78 is 4.76. The van der Waals surface area contributed by atoms with Gasteiger partial charge in [0.1, 0.15) is 0 Å². The van der Waals surface area contributed by atoms with Gasteiger partial charge >= 0.3 is 0 Å². The van der Waals surface area contributed by atoms with Crippen molar-refractivity contribution in [3.63, 3.8) is 0 Å². The normalized spacial score (nSPS) is 11.5. The predicted molar refractivity (Wildman–Crippen MR) is 281 cm³/mol. The third-order valence-corrected chi connectivity index (χ3v) is 13.2. The molecule has 10 aromatic carbocycles. The van der Waals surface area contributed by atoms with Crippen molar-refractivity contribution in [1.29, 1.82) is 0 Å². The average molecular weight is 868 g/mol. The Labute approximate surface area is 393 Å². The molecule has 0 unspecified atom stereocenters. The molecule has 0 amide bonds. The van der Waals surface area contributed by atoms with Gasteiger partial charge in [0, 0.05) is 38.2 Å². The fourth-order valence-corrected chi connectivity index (χ4v) is 10.0. The standard InChI is InChI=1S/C63H41N5/c1-5-19-42(20-6-1)46-27-17-29-49(39-46)61-64-62(50-30-18-28-47(40-50)43-21-7-2-8-22-43)66-63(65-61)68-57-34-16-14-32-53(57)55-38-37-54-52-31-13-15-33-56(52)67(59(54)60(55)68)58-41-48(44-23-9-3-10-24-44)35-36-51(58)45-25-11-4-12-26-45/h1-41H. The van der Waals surface area contributed by atoms with Crippen LogP contribution in [0.25, 0.3) is 123 Å². The number of fused-ring (bicyclic) bond motifs is 7. The summed E-state index contributed by atoms with van der Waals surface area (Å²) in [6, 6.07) is 88.2. The van der Waals surface area contributed by atoms with Gasteiger partial charge in [0.15, 0.2) is 11.6 Å². The smallest absolute Gasteiger partial charge is 0.238 e. The highest BCUT2D eigenvalue weighted by atomic mass is 15.2. The second-order valence-electron chi connectivity index (χ2n) is 17.2. The summed E-state index contributed by atoms with van der Waals surface area (Å²) in [5, 5.41) is 4.53. The molecule has 13 aromatic rings. The Morgan fingerprint density at radius 3 is 1.16 bits per heavy atom. The number of hydrogen-bond acceptors (Lipinski definition) is 3. The summed E-state index contributed by atoms with van der Waals surface area (Å²) in [5.41, 5.74) is 16.1. The second-order valence-corrected chi connectivity index (χ2v) is 17.2. The summed E-state index contributed by atoms with van der Waals surface area (Å²) in [6.07, 6.45) is 0. The van der Waals surface area contributed by atoms with Gasteiger partial charge in [0.2, 0.25) is 5.95 Å². The highest BCUT2D eigenvalue weighted by Gasteiger charge is 2.25. The topological polar surface area (TPSA) is 48.5 Å². The Hall–Kier alpha value is -9.19. The Bertz CT molecular complexity index is 3900. The van der Waals surface area contributed by atoms with Crippen LogP contribution in [-0.2, 0) is 0 Å². The molecule has 0 saturated carbocycles. The first-order valence-electron chi connectivity index (χ1n) is 23.0. The largest absolute Gasteiger partial charge is 0.307 e. The molecule has 3 aromatic heterocycles. The molecule has 318 valence electrons. The molecule has 0 radical (unpaired) electrons. The number of rotatable bonds is 8. The Balaban J connectivity index is 1.14. The number of aromatic nitrogens is 5. The van der Waals surface area contributed by atoms with Crippen molar-refractivity contribution in [3.8, 4) is 78.9 Å². The molecule has 0 aliphatic rings. The highest BCUT2D eigenvalue weighted by Crippen LogP contribution is 2.44. The predicted octanol–water partition coefficient (Wildman–Crippen LogP) is 16.1. The fourth-order valence-electron chi connectivity index (χ4n) is 10.0. The van der Waals surface area contributed by atoms with Crippen LogP contribution in [0.3, 0.4) is 0 Å². The summed E-state index contributed by atoms with van der Waals surface area (Å²) in [6.45, 7) is 0. The maximum absolute atomic E-state index is 5.50. The molecule has 0 bridgehead atoms. The van der Waals surface area contributed by atoms with E-state index in [9.17, 15) is 0 Å². The fraction of sp³-hybridized carbons (Fsp3) is 0. The molecule has 0 N–H and O–H groups in total. The van der Waals surface area contributed by atoms with Crippen LogP contribution in [0, 0.1) is 0 Å². The summed E-state index contributed by atoms with van der Waals surface area (Å²) >= 11 is 0. The van der Waals surface area contributed by atoms with E-state index in [4.69, 9.17) is 15.0 Å². The summed E-state index contributed by atoms with van der Waals surface area (Å²) in [5.74, 6) is 1.72. The SMILES string of the molecule is c1ccc(-c2cccc(-c3nc(-c4cccc(-c5ccccc5)c4)nc(-n4c5ccccc5c5ccc6c7ccccc7n(-c7cc(-c8ccccc8)ccc7-c7ccccc7)c6c54)n3)c2)cc1. The highest BCUT2D eigenvalue weighted by molar-refractivity contribution is 6.24. The van der Waals surface area contributed by atoms with E-state index < -0.39 is 0 Å². The molecule has 0 fully saturated rings. The van der Waals surface area contributed by atoms with Gasteiger partial charge in [-0.3, -0.25) is 4.57 Å². The minimum Gasteiger partial charge on any atom is -0.307 e. The molecule has 0 aliphatic carbocycles. The molecule has 0 atom stereocenters.